The molecule has 38 heavy (non-hydrogen) atoms. The highest BCUT2D eigenvalue weighted by atomic mass is 16.5. The number of pyridine rings is 1. The SMILES string of the molecule is CC(C)(O)C(C)(C)O[B]c1ccc2nc(-c3ccccc3)c3cc(-c4ccccc4)c(N)c(N=O)c3c2c1. The molecule has 0 aliphatic heterocycles. The summed E-state index contributed by atoms with van der Waals surface area (Å²) in [7, 11) is 1.62. The standard InChI is InChI=1S/C31H29BN3O3/c1-30(2,36)31(3,4)38-32-21-15-16-25-23(17-21)26-24(28(34-25)20-13-9-6-10-14-20)18-22(27(33)29(26)35-37)19-11-7-5-8-12-19/h5-18,36H,33H2,1-4H3. The Hall–Kier alpha value is -4.07. The van der Waals surface area contributed by atoms with Crippen molar-refractivity contribution in [2.75, 3.05) is 5.73 Å². The van der Waals surface area contributed by atoms with Crippen molar-refractivity contribution in [2.45, 2.75) is 38.9 Å². The van der Waals surface area contributed by atoms with Gasteiger partial charge >= 0.3 is 7.48 Å². The van der Waals surface area contributed by atoms with Crippen LogP contribution in [-0.2, 0) is 4.65 Å². The molecule has 7 heteroatoms. The summed E-state index contributed by atoms with van der Waals surface area (Å²) in [5.74, 6) is 0. The quantitative estimate of drug-likeness (QED) is 0.114. The third-order valence-electron chi connectivity index (χ3n) is 7.30. The Morgan fingerprint density at radius 1 is 0.868 bits per heavy atom. The van der Waals surface area contributed by atoms with Crippen molar-refractivity contribution < 1.29 is 9.76 Å². The second-order valence-electron chi connectivity index (χ2n) is 10.5. The Bertz CT molecular complexity index is 1650. The first-order valence-corrected chi connectivity index (χ1v) is 12.5. The Morgan fingerprint density at radius 3 is 2.11 bits per heavy atom. The zero-order chi connectivity index (χ0) is 27.1. The van der Waals surface area contributed by atoms with E-state index >= 15 is 0 Å². The van der Waals surface area contributed by atoms with Crippen LogP contribution in [0.1, 0.15) is 27.7 Å². The molecule has 0 fully saturated rings. The predicted molar refractivity (Wildman–Crippen MR) is 157 cm³/mol. The minimum Gasteiger partial charge on any atom is -0.427 e. The summed E-state index contributed by atoms with van der Waals surface area (Å²) in [6.07, 6.45) is 0. The first-order valence-electron chi connectivity index (χ1n) is 12.5. The molecule has 4 aromatic carbocycles. The summed E-state index contributed by atoms with van der Waals surface area (Å²) in [6, 6.07) is 27.3. The number of benzene rings is 4. The fraction of sp³-hybridized carbons (Fsp3) is 0.194. The van der Waals surface area contributed by atoms with E-state index < -0.39 is 11.2 Å². The number of nitroso groups, excluding NO2 is 1. The topological polar surface area (TPSA) is 97.8 Å². The van der Waals surface area contributed by atoms with Gasteiger partial charge < -0.3 is 15.5 Å². The van der Waals surface area contributed by atoms with Crippen molar-refractivity contribution in [2.24, 2.45) is 5.18 Å². The molecule has 1 aromatic heterocycles. The smallest absolute Gasteiger partial charge is 0.330 e. The highest BCUT2D eigenvalue weighted by Crippen LogP contribution is 2.45. The first kappa shape index (κ1) is 25.6. The monoisotopic (exact) mass is 502 g/mol. The second-order valence-corrected chi connectivity index (χ2v) is 10.5. The van der Waals surface area contributed by atoms with Crippen molar-refractivity contribution in [3.63, 3.8) is 0 Å². The van der Waals surface area contributed by atoms with Crippen LogP contribution in [0.4, 0.5) is 11.4 Å². The van der Waals surface area contributed by atoms with Crippen molar-refractivity contribution in [3.05, 3.63) is 89.8 Å². The molecule has 0 bridgehead atoms. The third kappa shape index (κ3) is 4.55. The summed E-state index contributed by atoms with van der Waals surface area (Å²) in [5.41, 5.74) is 9.95. The van der Waals surface area contributed by atoms with Crippen LogP contribution in [0.2, 0.25) is 0 Å². The van der Waals surface area contributed by atoms with Gasteiger partial charge in [0, 0.05) is 27.3 Å². The van der Waals surface area contributed by atoms with Gasteiger partial charge in [-0.25, -0.2) is 4.98 Å². The molecule has 0 atom stereocenters. The lowest BCUT2D eigenvalue weighted by Crippen LogP contribution is -2.49. The van der Waals surface area contributed by atoms with E-state index in [0.717, 1.165) is 38.6 Å². The molecule has 189 valence electrons. The molecule has 0 aliphatic carbocycles. The van der Waals surface area contributed by atoms with Crippen LogP contribution in [0.5, 0.6) is 0 Å². The molecule has 0 amide bonds. The summed E-state index contributed by atoms with van der Waals surface area (Å²) in [6.45, 7) is 7.07. The molecule has 0 unspecified atom stereocenters. The molecule has 1 radical (unpaired) electrons. The maximum atomic E-state index is 12.4. The van der Waals surface area contributed by atoms with E-state index in [4.69, 9.17) is 15.4 Å². The minimum atomic E-state index is -1.06. The molecule has 0 aliphatic rings. The molecule has 6 nitrogen and oxygen atoms in total. The van der Waals surface area contributed by atoms with Crippen molar-refractivity contribution in [1.82, 2.24) is 4.98 Å². The van der Waals surface area contributed by atoms with Crippen molar-refractivity contribution in [3.8, 4) is 22.4 Å². The van der Waals surface area contributed by atoms with Gasteiger partial charge in [-0.2, -0.15) is 0 Å². The largest absolute Gasteiger partial charge is 0.427 e. The maximum absolute atomic E-state index is 12.4. The average molecular weight is 502 g/mol. The van der Waals surface area contributed by atoms with Crippen LogP contribution < -0.4 is 11.2 Å². The number of hydrogen-bond donors (Lipinski definition) is 2. The van der Waals surface area contributed by atoms with Gasteiger partial charge in [0.15, 0.2) is 0 Å². The number of aliphatic hydroxyl groups is 1. The van der Waals surface area contributed by atoms with E-state index in [9.17, 15) is 10.0 Å². The molecular weight excluding hydrogens is 473 g/mol. The lowest BCUT2D eigenvalue weighted by molar-refractivity contribution is -0.0893. The highest BCUT2D eigenvalue weighted by Gasteiger charge is 2.35. The van der Waals surface area contributed by atoms with E-state index in [2.05, 4.69) is 5.18 Å². The van der Waals surface area contributed by atoms with Crippen LogP contribution in [-0.4, -0.2) is 28.8 Å². The Labute approximate surface area is 222 Å². The Balaban J connectivity index is 1.79. The Kier molecular flexibility index (Phi) is 6.51. The van der Waals surface area contributed by atoms with Gasteiger partial charge in [0.05, 0.1) is 28.1 Å². The number of nitrogen functional groups attached to an aromatic ring is 1. The van der Waals surface area contributed by atoms with E-state index in [1.165, 1.54) is 0 Å². The van der Waals surface area contributed by atoms with Crippen molar-refractivity contribution in [1.29, 1.82) is 0 Å². The van der Waals surface area contributed by atoms with E-state index in [-0.39, 0.29) is 5.69 Å². The number of nitrogens with two attached hydrogens (primary N) is 1. The van der Waals surface area contributed by atoms with Gasteiger partial charge in [-0.1, -0.05) is 78.3 Å². The fourth-order valence-corrected chi connectivity index (χ4v) is 4.38. The normalized spacial score (nSPS) is 12.1. The van der Waals surface area contributed by atoms with Gasteiger partial charge in [0.2, 0.25) is 0 Å². The second kappa shape index (κ2) is 9.67. The summed E-state index contributed by atoms with van der Waals surface area (Å²) >= 11 is 0. The van der Waals surface area contributed by atoms with Crippen LogP contribution in [0.25, 0.3) is 44.1 Å². The van der Waals surface area contributed by atoms with E-state index in [1.807, 2.05) is 98.8 Å². The lowest BCUT2D eigenvalue weighted by Gasteiger charge is -2.37. The minimum absolute atomic E-state index is 0.181. The zero-order valence-electron chi connectivity index (χ0n) is 21.9. The third-order valence-corrected chi connectivity index (χ3v) is 7.30. The molecular formula is C31H29BN3O3. The predicted octanol–water partition coefficient (Wildman–Crippen LogP) is 6.51. The van der Waals surface area contributed by atoms with Gasteiger partial charge in [-0.15, -0.1) is 4.91 Å². The average Bonchev–Trinajstić information content (AvgIpc) is 2.91. The molecule has 5 aromatic rings. The van der Waals surface area contributed by atoms with Gasteiger partial charge in [-0.05, 0) is 50.6 Å². The number of fused-ring (bicyclic) bond motifs is 3. The van der Waals surface area contributed by atoms with Gasteiger partial charge in [0.1, 0.15) is 5.69 Å². The maximum Gasteiger partial charge on any atom is 0.330 e. The molecule has 3 N–H and O–H groups in total. The molecule has 0 saturated heterocycles. The number of hydrogen-bond acceptors (Lipinski definition) is 6. The van der Waals surface area contributed by atoms with Crippen LogP contribution in [0.3, 0.4) is 0 Å². The summed E-state index contributed by atoms with van der Waals surface area (Å²) in [5, 5.41) is 16.1. The molecule has 0 spiro atoms. The number of aromatic nitrogens is 1. The van der Waals surface area contributed by atoms with Crippen LogP contribution >= 0.6 is 0 Å². The highest BCUT2D eigenvalue weighted by molar-refractivity contribution is 6.47. The van der Waals surface area contributed by atoms with Crippen molar-refractivity contribution >= 4 is 46.0 Å². The number of rotatable bonds is 7. The Morgan fingerprint density at radius 2 is 1.50 bits per heavy atom. The fourth-order valence-electron chi connectivity index (χ4n) is 4.38. The van der Waals surface area contributed by atoms with E-state index in [1.54, 1.807) is 21.3 Å². The number of anilines is 1. The van der Waals surface area contributed by atoms with Crippen LogP contribution in [0.15, 0.2) is 90.1 Å². The lowest BCUT2D eigenvalue weighted by atomic mass is 9.81. The summed E-state index contributed by atoms with van der Waals surface area (Å²) in [4.78, 5) is 17.4. The molecule has 1 heterocycles. The summed E-state index contributed by atoms with van der Waals surface area (Å²) < 4.78 is 5.99. The first-order chi connectivity index (χ1) is 18.1. The van der Waals surface area contributed by atoms with Gasteiger partial charge in [0.25, 0.3) is 0 Å². The zero-order valence-corrected chi connectivity index (χ0v) is 21.9. The molecule has 5 rings (SSSR count). The van der Waals surface area contributed by atoms with E-state index in [0.29, 0.717) is 16.6 Å². The molecule has 0 saturated carbocycles. The number of nitrogens with zero attached hydrogens (tertiary/aromatic N) is 2. The van der Waals surface area contributed by atoms with Crippen LogP contribution in [0, 0.1) is 4.91 Å². The van der Waals surface area contributed by atoms with Gasteiger partial charge in [-0.3, -0.25) is 0 Å².